The fraction of sp³-hybridized carbons (Fsp3) is 0.500. The van der Waals surface area contributed by atoms with E-state index >= 15 is 0 Å². The second kappa shape index (κ2) is 7.30. The van der Waals surface area contributed by atoms with Crippen LogP contribution in [0, 0.1) is 19.8 Å². The first kappa shape index (κ1) is 17.5. The molecule has 134 valence electrons. The van der Waals surface area contributed by atoms with Gasteiger partial charge in [-0.05, 0) is 43.7 Å². The van der Waals surface area contributed by atoms with Gasteiger partial charge in [0.05, 0.1) is 12.7 Å². The van der Waals surface area contributed by atoms with Gasteiger partial charge >= 0.3 is 5.97 Å². The van der Waals surface area contributed by atoms with Crippen LogP contribution in [0.4, 0.5) is 0 Å². The van der Waals surface area contributed by atoms with E-state index in [0.717, 1.165) is 53.6 Å². The maximum atomic E-state index is 12.1. The Morgan fingerprint density at radius 1 is 1.24 bits per heavy atom. The molecule has 0 spiro atoms. The van der Waals surface area contributed by atoms with Crippen LogP contribution < -0.4 is 0 Å². The number of fused-ring (bicyclic) bond motifs is 1. The molecule has 0 N–H and O–H groups in total. The maximum Gasteiger partial charge on any atom is 0.310 e. The van der Waals surface area contributed by atoms with Crippen LogP contribution in [0.3, 0.4) is 0 Å². The molecule has 1 aliphatic rings. The minimum Gasteiger partial charge on any atom is -0.464 e. The van der Waals surface area contributed by atoms with Gasteiger partial charge in [0, 0.05) is 24.0 Å². The fourth-order valence-corrected chi connectivity index (χ4v) is 3.22. The van der Waals surface area contributed by atoms with Crippen LogP contribution >= 0.6 is 0 Å². The number of carbonyl (C=O) groups excluding carboxylic acids is 2. The van der Waals surface area contributed by atoms with Crippen LogP contribution in [0.1, 0.15) is 36.5 Å². The molecule has 0 radical (unpaired) electrons. The highest BCUT2D eigenvalue weighted by Crippen LogP contribution is 2.27. The van der Waals surface area contributed by atoms with Crippen LogP contribution in [0.2, 0.25) is 0 Å². The van der Waals surface area contributed by atoms with Crippen molar-refractivity contribution in [1.29, 1.82) is 0 Å². The second-order valence-electron chi connectivity index (χ2n) is 7.05. The topological polar surface area (TPSA) is 59.8 Å². The molecule has 0 bridgehead atoms. The predicted molar refractivity (Wildman–Crippen MR) is 95.3 cm³/mol. The van der Waals surface area contributed by atoms with Crippen molar-refractivity contribution in [3.63, 3.8) is 0 Å². The average Bonchev–Trinajstić information content (AvgIpc) is 3.00. The Labute approximate surface area is 147 Å². The zero-order valence-corrected chi connectivity index (χ0v) is 15.1. The summed E-state index contributed by atoms with van der Waals surface area (Å²) in [7, 11) is 0. The van der Waals surface area contributed by atoms with Crippen LogP contribution in [0.15, 0.2) is 22.8 Å². The van der Waals surface area contributed by atoms with Gasteiger partial charge in [0.2, 0.25) is 0 Å². The monoisotopic (exact) mass is 343 g/mol. The third kappa shape index (κ3) is 3.86. The van der Waals surface area contributed by atoms with Crippen molar-refractivity contribution < 1.29 is 18.7 Å². The number of rotatable bonds is 4. The Balaban J connectivity index is 1.56. The van der Waals surface area contributed by atoms with Crippen molar-refractivity contribution in [3.8, 4) is 0 Å². The van der Waals surface area contributed by atoms with E-state index in [4.69, 9.17) is 9.15 Å². The van der Waals surface area contributed by atoms with E-state index in [0.29, 0.717) is 5.92 Å². The highest BCUT2D eigenvalue weighted by molar-refractivity contribution is 5.89. The molecule has 25 heavy (non-hydrogen) atoms. The average molecular weight is 343 g/mol. The Bertz CT molecular complexity index is 784. The summed E-state index contributed by atoms with van der Waals surface area (Å²) in [4.78, 5) is 26.0. The maximum absolute atomic E-state index is 12.1. The molecule has 0 atom stereocenters. The summed E-state index contributed by atoms with van der Waals surface area (Å²) < 4.78 is 10.8. The molecule has 1 aliphatic heterocycles. The van der Waals surface area contributed by atoms with Crippen LogP contribution in [0.5, 0.6) is 0 Å². The number of esters is 1. The van der Waals surface area contributed by atoms with Gasteiger partial charge in [-0.1, -0.05) is 19.1 Å². The molecule has 0 aliphatic carbocycles. The third-order valence-corrected chi connectivity index (χ3v) is 5.17. The van der Waals surface area contributed by atoms with Gasteiger partial charge in [-0.3, -0.25) is 9.59 Å². The summed E-state index contributed by atoms with van der Waals surface area (Å²) >= 11 is 0. The zero-order chi connectivity index (χ0) is 18.0. The lowest BCUT2D eigenvalue weighted by molar-refractivity contribution is -0.152. The normalized spacial score (nSPS) is 15.6. The SMILES string of the molecule is Cc1ccc2c(CC(=O)OCC(=O)N3CCC(C)CC3)coc2c1C. The Morgan fingerprint density at radius 3 is 2.68 bits per heavy atom. The minimum absolute atomic E-state index is 0.108. The van der Waals surface area contributed by atoms with Crippen LogP contribution in [-0.2, 0) is 20.7 Å². The number of benzene rings is 1. The van der Waals surface area contributed by atoms with E-state index in [1.807, 2.05) is 26.0 Å². The molecule has 3 rings (SSSR count). The van der Waals surface area contributed by atoms with Gasteiger partial charge in [-0.25, -0.2) is 0 Å². The lowest BCUT2D eigenvalue weighted by Gasteiger charge is -2.30. The Kier molecular flexibility index (Phi) is 5.11. The Hall–Kier alpha value is -2.30. The van der Waals surface area contributed by atoms with Gasteiger partial charge in [-0.15, -0.1) is 0 Å². The summed E-state index contributed by atoms with van der Waals surface area (Å²) in [6.45, 7) is 7.55. The molecule has 1 fully saturated rings. The van der Waals surface area contributed by atoms with Crippen LogP contribution in [0.25, 0.3) is 11.0 Å². The van der Waals surface area contributed by atoms with Crippen molar-refractivity contribution in [2.75, 3.05) is 19.7 Å². The number of likely N-dealkylation sites (tertiary alicyclic amines) is 1. The van der Waals surface area contributed by atoms with E-state index in [9.17, 15) is 9.59 Å². The first-order valence-electron chi connectivity index (χ1n) is 8.85. The van der Waals surface area contributed by atoms with Gasteiger partial charge in [0.1, 0.15) is 5.58 Å². The highest BCUT2D eigenvalue weighted by atomic mass is 16.5. The van der Waals surface area contributed by atoms with Crippen molar-refractivity contribution >= 4 is 22.8 Å². The van der Waals surface area contributed by atoms with Crippen molar-refractivity contribution in [2.45, 2.75) is 40.0 Å². The Morgan fingerprint density at radius 2 is 1.96 bits per heavy atom. The molecule has 0 saturated carbocycles. The van der Waals surface area contributed by atoms with E-state index in [-0.39, 0.29) is 18.9 Å². The summed E-state index contributed by atoms with van der Waals surface area (Å²) in [5, 5.41) is 0.927. The number of ether oxygens (including phenoxy) is 1. The molecule has 1 aromatic carbocycles. The van der Waals surface area contributed by atoms with Gasteiger partial charge in [0.25, 0.3) is 5.91 Å². The van der Waals surface area contributed by atoms with Crippen molar-refractivity contribution in [2.24, 2.45) is 5.92 Å². The van der Waals surface area contributed by atoms with Gasteiger partial charge in [0.15, 0.2) is 6.61 Å². The van der Waals surface area contributed by atoms with Crippen molar-refractivity contribution in [3.05, 3.63) is 35.1 Å². The van der Waals surface area contributed by atoms with E-state index in [2.05, 4.69) is 6.92 Å². The second-order valence-corrected chi connectivity index (χ2v) is 7.05. The molecule has 2 aromatic rings. The quantitative estimate of drug-likeness (QED) is 0.799. The number of furan rings is 1. The highest BCUT2D eigenvalue weighted by Gasteiger charge is 2.21. The summed E-state index contributed by atoms with van der Waals surface area (Å²) in [6.07, 6.45) is 3.74. The molecule has 1 aromatic heterocycles. The first-order valence-corrected chi connectivity index (χ1v) is 8.85. The lowest BCUT2D eigenvalue weighted by Crippen LogP contribution is -2.40. The standard InChI is InChI=1S/C20H25NO4/c1-13-6-8-21(9-7-13)18(22)12-24-19(23)10-16-11-25-20-15(3)14(2)4-5-17(16)20/h4-5,11,13H,6-10,12H2,1-3H3. The summed E-state index contributed by atoms with van der Waals surface area (Å²) in [6, 6.07) is 3.98. The number of nitrogens with zero attached hydrogens (tertiary/aromatic N) is 1. The number of amides is 1. The van der Waals surface area contributed by atoms with E-state index in [1.54, 1.807) is 11.2 Å². The molecular weight excluding hydrogens is 318 g/mol. The molecule has 1 saturated heterocycles. The van der Waals surface area contributed by atoms with Crippen LogP contribution in [-0.4, -0.2) is 36.5 Å². The van der Waals surface area contributed by atoms with E-state index < -0.39 is 5.97 Å². The molecule has 5 heteroatoms. The van der Waals surface area contributed by atoms with Crippen molar-refractivity contribution in [1.82, 2.24) is 4.90 Å². The zero-order valence-electron chi connectivity index (χ0n) is 15.1. The van der Waals surface area contributed by atoms with Gasteiger partial charge in [-0.2, -0.15) is 0 Å². The van der Waals surface area contributed by atoms with E-state index in [1.165, 1.54) is 0 Å². The fourth-order valence-electron chi connectivity index (χ4n) is 3.22. The smallest absolute Gasteiger partial charge is 0.310 e. The minimum atomic E-state index is -0.403. The molecular formula is C20H25NO4. The number of carbonyl (C=O) groups is 2. The molecule has 2 heterocycles. The summed E-state index contributed by atoms with van der Waals surface area (Å²) in [5.41, 5.74) is 3.83. The lowest BCUT2D eigenvalue weighted by atomic mass is 9.99. The first-order chi connectivity index (χ1) is 12.0. The number of aryl methyl sites for hydroxylation is 2. The number of hydrogen-bond donors (Lipinski definition) is 0. The van der Waals surface area contributed by atoms with Gasteiger partial charge < -0.3 is 14.1 Å². The number of piperidine rings is 1. The number of hydrogen-bond acceptors (Lipinski definition) is 4. The predicted octanol–water partition coefficient (Wildman–Crippen LogP) is 3.39. The largest absolute Gasteiger partial charge is 0.464 e. The third-order valence-electron chi connectivity index (χ3n) is 5.17. The molecule has 5 nitrogen and oxygen atoms in total. The molecule has 1 amide bonds. The molecule has 0 unspecified atom stereocenters. The summed E-state index contributed by atoms with van der Waals surface area (Å²) in [5.74, 6) is 0.150.